The summed E-state index contributed by atoms with van der Waals surface area (Å²) in [5.74, 6) is -0.969. The first-order valence-electron chi connectivity index (χ1n) is 11.9. The number of imide groups is 1. The number of carbonyl (C=O) groups excluding carboxylic acids is 2. The number of pyridine rings is 1. The second kappa shape index (κ2) is 12.4. The molecule has 0 aliphatic heterocycles. The molecule has 0 N–H and O–H groups in total. The molecule has 0 bridgehead atoms. The van der Waals surface area contributed by atoms with Gasteiger partial charge < -0.3 is 14.2 Å². The fraction of sp³-hybridized carbons (Fsp3) is 0.345. The Morgan fingerprint density at radius 3 is 2.56 bits per heavy atom. The van der Waals surface area contributed by atoms with E-state index in [-0.39, 0.29) is 12.7 Å². The van der Waals surface area contributed by atoms with Crippen LogP contribution in [0.4, 0.5) is 10.5 Å². The Kier molecular flexibility index (Phi) is 9.33. The molecule has 0 aliphatic rings. The number of aromatic nitrogens is 1. The van der Waals surface area contributed by atoms with Gasteiger partial charge in [-0.15, -0.1) is 0 Å². The van der Waals surface area contributed by atoms with Crippen molar-refractivity contribution in [2.24, 2.45) is 0 Å². The van der Waals surface area contributed by atoms with Crippen molar-refractivity contribution < 1.29 is 23.8 Å². The minimum atomic E-state index is -0.774. The number of fused-ring (bicyclic) bond motifs is 1. The zero-order valence-corrected chi connectivity index (χ0v) is 21.6. The number of amides is 2. The van der Waals surface area contributed by atoms with Gasteiger partial charge in [-0.1, -0.05) is 54.6 Å². The summed E-state index contributed by atoms with van der Waals surface area (Å²) in [4.78, 5) is 32.7. The van der Waals surface area contributed by atoms with Gasteiger partial charge in [-0.25, -0.2) is 9.69 Å². The van der Waals surface area contributed by atoms with Crippen LogP contribution in [0.2, 0.25) is 0 Å². The number of anilines is 1. The molecule has 190 valence electrons. The fourth-order valence-electron chi connectivity index (χ4n) is 3.84. The number of ether oxygens (including phenoxy) is 3. The van der Waals surface area contributed by atoms with E-state index in [1.165, 1.54) is 0 Å². The van der Waals surface area contributed by atoms with E-state index < -0.39 is 17.6 Å². The van der Waals surface area contributed by atoms with E-state index in [1.807, 2.05) is 61.5 Å². The van der Waals surface area contributed by atoms with Gasteiger partial charge in [-0.05, 0) is 62.1 Å². The van der Waals surface area contributed by atoms with E-state index in [1.54, 1.807) is 46.3 Å². The summed E-state index contributed by atoms with van der Waals surface area (Å²) in [7, 11) is 1.56. The number of carbonyl (C=O) groups is 2. The van der Waals surface area contributed by atoms with Crippen molar-refractivity contribution in [1.82, 2.24) is 4.98 Å². The SMILES string of the molecule is COCOC/C=C/Cc1cnccc1N(C(=O)OC(C)(C)C)C(=O)C(C)c1cccc2ccccc12. The van der Waals surface area contributed by atoms with Gasteiger partial charge in [-0.2, -0.15) is 0 Å². The molecule has 2 aromatic carbocycles. The minimum Gasteiger partial charge on any atom is -0.443 e. The maximum Gasteiger partial charge on any atom is 0.421 e. The smallest absolute Gasteiger partial charge is 0.421 e. The summed E-state index contributed by atoms with van der Waals surface area (Å²) in [5, 5.41) is 2.00. The van der Waals surface area contributed by atoms with E-state index in [9.17, 15) is 9.59 Å². The molecular weight excluding hydrogens is 456 g/mol. The van der Waals surface area contributed by atoms with Crippen molar-refractivity contribution in [3.05, 3.63) is 84.2 Å². The number of benzene rings is 2. The Morgan fingerprint density at radius 1 is 1.06 bits per heavy atom. The quantitative estimate of drug-likeness (QED) is 0.207. The molecule has 3 aromatic rings. The Morgan fingerprint density at radius 2 is 1.81 bits per heavy atom. The highest BCUT2D eigenvalue weighted by molar-refractivity contribution is 6.15. The number of methoxy groups -OCH3 is 1. The van der Waals surface area contributed by atoms with E-state index in [0.29, 0.717) is 24.3 Å². The molecule has 7 heteroatoms. The van der Waals surface area contributed by atoms with Crippen molar-refractivity contribution >= 4 is 28.5 Å². The zero-order valence-electron chi connectivity index (χ0n) is 21.6. The molecule has 3 rings (SSSR count). The molecule has 0 aliphatic carbocycles. The minimum absolute atomic E-state index is 0.204. The lowest BCUT2D eigenvalue weighted by molar-refractivity contribution is -0.119. The first-order valence-corrected chi connectivity index (χ1v) is 11.9. The van der Waals surface area contributed by atoms with Gasteiger partial charge >= 0.3 is 6.09 Å². The van der Waals surface area contributed by atoms with Crippen molar-refractivity contribution in [1.29, 1.82) is 0 Å². The van der Waals surface area contributed by atoms with E-state index in [0.717, 1.165) is 21.2 Å². The monoisotopic (exact) mass is 490 g/mol. The van der Waals surface area contributed by atoms with Crippen molar-refractivity contribution in [2.75, 3.05) is 25.4 Å². The first-order chi connectivity index (χ1) is 17.2. The highest BCUT2D eigenvalue weighted by atomic mass is 16.7. The van der Waals surface area contributed by atoms with Crippen LogP contribution in [0.1, 0.15) is 44.7 Å². The van der Waals surface area contributed by atoms with Gasteiger partial charge in [0.1, 0.15) is 12.4 Å². The van der Waals surface area contributed by atoms with Crippen LogP contribution in [0.3, 0.4) is 0 Å². The highest BCUT2D eigenvalue weighted by Gasteiger charge is 2.34. The first kappa shape index (κ1) is 27.0. The number of allylic oxidation sites excluding steroid dienone is 1. The van der Waals surface area contributed by atoms with Gasteiger partial charge in [-0.3, -0.25) is 9.78 Å². The molecule has 1 atom stereocenters. The normalized spacial score (nSPS) is 12.6. The average Bonchev–Trinajstić information content (AvgIpc) is 2.85. The largest absolute Gasteiger partial charge is 0.443 e. The number of rotatable bonds is 9. The topological polar surface area (TPSA) is 78.0 Å². The standard InChI is InChI=1S/C29H34N2O5/c1-21(24-15-10-13-22-11-6-7-14-25(22)24)27(32)31(28(33)36-29(2,3)4)26-16-17-30-19-23(26)12-8-9-18-35-20-34-5/h6-11,13-17,19,21H,12,18,20H2,1-5H3/b9-8+. The molecule has 2 amide bonds. The number of nitrogens with zero attached hydrogens (tertiary/aromatic N) is 2. The van der Waals surface area contributed by atoms with Gasteiger partial charge in [0.2, 0.25) is 5.91 Å². The molecule has 0 spiro atoms. The molecule has 36 heavy (non-hydrogen) atoms. The summed E-state index contributed by atoms with van der Waals surface area (Å²) in [6, 6.07) is 15.4. The lowest BCUT2D eigenvalue weighted by Gasteiger charge is -2.29. The predicted octanol–water partition coefficient (Wildman–Crippen LogP) is 6.03. The van der Waals surface area contributed by atoms with Crippen molar-refractivity contribution in [3.63, 3.8) is 0 Å². The zero-order chi connectivity index (χ0) is 26.1. The van der Waals surface area contributed by atoms with E-state index in [4.69, 9.17) is 14.2 Å². The molecule has 1 unspecified atom stereocenters. The van der Waals surface area contributed by atoms with Crippen LogP contribution in [-0.4, -0.2) is 43.1 Å². The van der Waals surface area contributed by atoms with Crippen LogP contribution in [0.5, 0.6) is 0 Å². The molecule has 0 radical (unpaired) electrons. The second-order valence-corrected chi connectivity index (χ2v) is 9.40. The maximum atomic E-state index is 14.0. The maximum absolute atomic E-state index is 14.0. The van der Waals surface area contributed by atoms with Crippen molar-refractivity contribution in [2.45, 2.75) is 45.6 Å². The van der Waals surface area contributed by atoms with Gasteiger partial charge in [0, 0.05) is 19.5 Å². The van der Waals surface area contributed by atoms with Crippen LogP contribution in [0.25, 0.3) is 10.8 Å². The lowest BCUT2D eigenvalue weighted by atomic mass is 9.93. The third kappa shape index (κ3) is 6.99. The second-order valence-electron chi connectivity index (χ2n) is 9.40. The lowest BCUT2D eigenvalue weighted by Crippen LogP contribution is -2.43. The predicted molar refractivity (Wildman–Crippen MR) is 141 cm³/mol. The van der Waals surface area contributed by atoms with Crippen LogP contribution in [0.15, 0.2) is 73.1 Å². The van der Waals surface area contributed by atoms with E-state index in [2.05, 4.69) is 4.98 Å². The Labute approximate surface area is 212 Å². The Bertz CT molecular complexity index is 1210. The molecule has 0 saturated carbocycles. The third-order valence-electron chi connectivity index (χ3n) is 5.50. The third-order valence-corrected chi connectivity index (χ3v) is 5.50. The van der Waals surface area contributed by atoms with Crippen LogP contribution < -0.4 is 4.90 Å². The summed E-state index contributed by atoms with van der Waals surface area (Å²) in [5.41, 5.74) is 1.23. The summed E-state index contributed by atoms with van der Waals surface area (Å²) < 4.78 is 15.8. The molecule has 1 aromatic heterocycles. The fourth-order valence-corrected chi connectivity index (χ4v) is 3.84. The van der Waals surface area contributed by atoms with Crippen LogP contribution in [-0.2, 0) is 25.4 Å². The summed E-state index contributed by atoms with van der Waals surface area (Å²) >= 11 is 0. The van der Waals surface area contributed by atoms with Gasteiger partial charge in [0.15, 0.2) is 0 Å². The number of hydrogen-bond acceptors (Lipinski definition) is 6. The molecule has 7 nitrogen and oxygen atoms in total. The van der Waals surface area contributed by atoms with Gasteiger partial charge in [0.05, 0.1) is 18.2 Å². The molecular formula is C29H34N2O5. The van der Waals surface area contributed by atoms with E-state index >= 15 is 0 Å². The Balaban J connectivity index is 1.98. The Hall–Kier alpha value is -3.55. The molecule has 0 saturated heterocycles. The van der Waals surface area contributed by atoms with Crippen LogP contribution >= 0.6 is 0 Å². The molecule has 0 fully saturated rings. The molecule has 1 heterocycles. The van der Waals surface area contributed by atoms with Crippen LogP contribution in [0, 0.1) is 0 Å². The number of hydrogen-bond donors (Lipinski definition) is 0. The highest BCUT2D eigenvalue weighted by Crippen LogP contribution is 2.31. The van der Waals surface area contributed by atoms with Gasteiger partial charge in [0.25, 0.3) is 0 Å². The summed E-state index contributed by atoms with van der Waals surface area (Å²) in [6.07, 6.45) is 6.71. The summed E-state index contributed by atoms with van der Waals surface area (Å²) in [6.45, 7) is 7.73. The average molecular weight is 491 g/mol. The van der Waals surface area contributed by atoms with Crippen molar-refractivity contribution in [3.8, 4) is 0 Å².